The first-order chi connectivity index (χ1) is 8.38. The average molecular weight is 231 g/mol. The third-order valence-electron chi connectivity index (χ3n) is 2.59. The van der Waals surface area contributed by atoms with Crippen LogP contribution in [0.1, 0.15) is 11.4 Å². The van der Waals surface area contributed by atoms with Crippen LogP contribution in [0.5, 0.6) is 0 Å². The predicted octanol–water partition coefficient (Wildman–Crippen LogP) is 1.40. The van der Waals surface area contributed by atoms with Gasteiger partial charge in [0.05, 0.1) is 13.2 Å². The number of rotatable bonds is 6. The molecule has 0 fully saturated rings. The third kappa shape index (κ3) is 3.69. The summed E-state index contributed by atoms with van der Waals surface area (Å²) in [5.41, 5.74) is 1.24. The quantitative estimate of drug-likeness (QED) is 0.790. The number of hydrogen-bond acceptors (Lipinski definition) is 3. The molecule has 2 aromatic rings. The molecular formula is C13H17N3O. The smallest absolute Gasteiger partial charge is 0.120 e. The number of benzene rings is 1. The van der Waals surface area contributed by atoms with Crippen LogP contribution in [0.25, 0.3) is 0 Å². The molecule has 0 aliphatic rings. The summed E-state index contributed by atoms with van der Waals surface area (Å²) in [6.45, 7) is 2.35. The van der Waals surface area contributed by atoms with Gasteiger partial charge in [0.1, 0.15) is 5.82 Å². The van der Waals surface area contributed by atoms with Crippen molar-refractivity contribution in [1.29, 1.82) is 0 Å². The predicted molar refractivity (Wildman–Crippen MR) is 66.2 cm³/mol. The first kappa shape index (κ1) is 11.8. The lowest BCUT2D eigenvalue weighted by molar-refractivity contribution is 0.181. The maximum absolute atomic E-state index is 9.07. The zero-order valence-corrected chi connectivity index (χ0v) is 9.71. The lowest BCUT2D eigenvalue weighted by Gasteiger charge is -2.20. The van der Waals surface area contributed by atoms with Gasteiger partial charge in [0.25, 0.3) is 0 Å². The van der Waals surface area contributed by atoms with E-state index in [1.54, 1.807) is 6.20 Å². The minimum atomic E-state index is 0.160. The molecule has 0 saturated heterocycles. The van der Waals surface area contributed by atoms with Gasteiger partial charge in [-0.25, -0.2) is 4.98 Å². The number of imidazole rings is 1. The minimum Gasteiger partial charge on any atom is -0.395 e. The molecular weight excluding hydrogens is 214 g/mol. The number of hydrogen-bond donors (Lipinski definition) is 2. The molecule has 17 heavy (non-hydrogen) atoms. The number of aliphatic hydroxyl groups is 1. The van der Waals surface area contributed by atoms with Crippen molar-refractivity contribution >= 4 is 0 Å². The Bertz CT molecular complexity index is 413. The highest BCUT2D eigenvalue weighted by atomic mass is 16.3. The van der Waals surface area contributed by atoms with E-state index in [9.17, 15) is 0 Å². The van der Waals surface area contributed by atoms with Gasteiger partial charge in [-0.2, -0.15) is 0 Å². The number of aromatic nitrogens is 2. The Morgan fingerprint density at radius 3 is 2.65 bits per heavy atom. The van der Waals surface area contributed by atoms with Gasteiger partial charge in [-0.3, -0.25) is 4.90 Å². The Morgan fingerprint density at radius 1 is 1.18 bits per heavy atom. The van der Waals surface area contributed by atoms with Gasteiger partial charge >= 0.3 is 0 Å². The maximum Gasteiger partial charge on any atom is 0.120 e. The number of aliphatic hydroxyl groups excluding tert-OH is 1. The molecule has 2 N–H and O–H groups in total. The van der Waals surface area contributed by atoms with Crippen LogP contribution in [0, 0.1) is 0 Å². The number of nitrogens with zero attached hydrogens (tertiary/aromatic N) is 2. The van der Waals surface area contributed by atoms with Crippen LogP contribution in [0.4, 0.5) is 0 Å². The molecule has 2 rings (SSSR count). The molecule has 4 heteroatoms. The SMILES string of the molecule is OCCN(Cc1ccccc1)Cc1ncc[nH]1. The van der Waals surface area contributed by atoms with Gasteiger partial charge in [0.15, 0.2) is 0 Å². The van der Waals surface area contributed by atoms with Crippen molar-refractivity contribution in [3.05, 3.63) is 54.1 Å². The van der Waals surface area contributed by atoms with Gasteiger partial charge in [-0.05, 0) is 5.56 Å². The van der Waals surface area contributed by atoms with E-state index >= 15 is 0 Å². The average Bonchev–Trinajstić information content (AvgIpc) is 2.83. The molecule has 0 saturated carbocycles. The van der Waals surface area contributed by atoms with Crippen LogP contribution >= 0.6 is 0 Å². The van der Waals surface area contributed by atoms with Gasteiger partial charge in [-0.1, -0.05) is 30.3 Å². The standard InChI is InChI=1S/C13H17N3O/c17-9-8-16(11-13-14-6-7-15-13)10-12-4-2-1-3-5-12/h1-7,17H,8-11H2,(H,14,15). The summed E-state index contributed by atoms with van der Waals surface area (Å²) in [4.78, 5) is 9.44. The summed E-state index contributed by atoms with van der Waals surface area (Å²) in [5, 5.41) is 9.07. The monoisotopic (exact) mass is 231 g/mol. The summed E-state index contributed by atoms with van der Waals surface area (Å²) in [7, 11) is 0. The Labute approximate surface area is 101 Å². The van der Waals surface area contributed by atoms with E-state index in [1.807, 2.05) is 24.4 Å². The van der Waals surface area contributed by atoms with E-state index in [-0.39, 0.29) is 6.61 Å². The first-order valence-electron chi connectivity index (χ1n) is 5.74. The van der Waals surface area contributed by atoms with Crippen molar-refractivity contribution < 1.29 is 5.11 Å². The first-order valence-corrected chi connectivity index (χ1v) is 5.74. The number of nitrogens with one attached hydrogen (secondary N) is 1. The number of H-pyrrole nitrogens is 1. The highest BCUT2D eigenvalue weighted by molar-refractivity contribution is 5.14. The van der Waals surface area contributed by atoms with Crippen LogP contribution in [0.2, 0.25) is 0 Å². The summed E-state index contributed by atoms with van der Waals surface area (Å²) in [6, 6.07) is 10.2. The molecule has 0 unspecified atom stereocenters. The Morgan fingerprint density at radius 2 is 2.00 bits per heavy atom. The summed E-state index contributed by atoms with van der Waals surface area (Å²) in [5.74, 6) is 0.925. The van der Waals surface area contributed by atoms with Crippen molar-refractivity contribution in [2.24, 2.45) is 0 Å². The zero-order valence-electron chi connectivity index (χ0n) is 9.71. The Kier molecular flexibility index (Phi) is 4.30. The van der Waals surface area contributed by atoms with Crippen molar-refractivity contribution in [1.82, 2.24) is 14.9 Å². The second-order valence-corrected chi connectivity index (χ2v) is 3.96. The van der Waals surface area contributed by atoms with E-state index in [1.165, 1.54) is 5.56 Å². The molecule has 1 aromatic carbocycles. The normalized spacial score (nSPS) is 10.9. The second-order valence-electron chi connectivity index (χ2n) is 3.96. The fourth-order valence-electron chi connectivity index (χ4n) is 1.79. The van der Waals surface area contributed by atoms with Gasteiger partial charge in [-0.15, -0.1) is 0 Å². The molecule has 90 valence electrons. The molecule has 0 amide bonds. The largest absolute Gasteiger partial charge is 0.395 e. The molecule has 0 aliphatic heterocycles. The van der Waals surface area contributed by atoms with Crippen LogP contribution in [-0.4, -0.2) is 33.1 Å². The lowest BCUT2D eigenvalue weighted by atomic mass is 10.2. The molecule has 1 aromatic heterocycles. The Balaban J connectivity index is 1.97. The third-order valence-corrected chi connectivity index (χ3v) is 2.59. The zero-order chi connectivity index (χ0) is 11.9. The van der Waals surface area contributed by atoms with Crippen LogP contribution in [0.3, 0.4) is 0 Å². The number of aromatic amines is 1. The second kappa shape index (κ2) is 6.18. The highest BCUT2D eigenvalue weighted by Gasteiger charge is 2.07. The van der Waals surface area contributed by atoms with Gasteiger partial charge in [0, 0.05) is 25.5 Å². The van der Waals surface area contributed by atoms with Crippen LogP contribution in [0.15, 0.2) is 42.7 Å². The topological polar surface area (TPSA) is 52.1 Å². The van der Waals surface area contributed by atoms with Crippen molar-refractivity contribution in [2.75, 3.05) is 13.2 Å². The Hall–Kier alpha value is -1.65. The van der Waals surface area contributed by atoms with Crippen LogP contribution < -0.4 is 0 Å². The fourth-order valence-corrected chi connectivity index (χ4v) is 1.79. The highest BCUT2D eigenvalue weighted by Crippen LogP contribution is 2.06. The van der Waals surface area contributed by atoms with E-state index in [0.717, 1.165) is 18.9 Å². The molecule has 0 radical (unpaired) electrons. The molecule has 0 aliphatic carbocycles. The molecule has 0 atom stereocenters. The molecule has 0 spiro atoms. The van der Waals surface area contributed by atoms with E-state index in [4.69, 9.17) is 5.11 Å². The summed E-state index contributed by atoms with van der Waals surface area (Å²) >= 11 is 0. The lowest BCUT2D eigenvalue weighted by Crippen LogP contribution is -2.26. The molecule has 1 heterocycles. The van der Waals surface area contributed by atoms with E-state index in [2.05, 4.69) is 27.0 Å². The van der Waals surface area contributed by atoms with Crippen molar-refractivity contribution in [3.8, 4) is 0 Å². The molecule has 4 nitrogen and oxygen atoms in total. The fraction of sp³-hybridized carbons (Fsp3) is 0.308. The van der Waals surface area contributed by atoms with Crippen LogP contribution in [-0.2, 0) is 13.1 Å². The summed E-state index contributed by atoms with van der Waals surface area (Å²) in [6.07, 6.45) is 3.56. The maximum atomic E-state index is 9.07. The van der Waals surface area contributed by atoms with Gasteiger partial charge < -0.3 is 10.1 Å². The van der Waals surface area contributed by atoms with Crippen molar-refractivity contribution in [3.63, 3.8) is 0 Å². The summed E-state index contributed by atoms with van der Waals surface area (Å²) < 4.78 is 0. The van der Waals surface area contributed by atoms with Crippen molar-refractivity contribution in [2.45, 2.75) is 13.1 Å². The van der Waals surface area contributed by atoms with E-state index in [0.29, 0.717) is 6.54 Å². The van der Waals surface area contributed by atoms with Gasteiger partial charge in [0.2, 0.25) is 0 Å². The minimum absolute atomic E-state index is 0.160. The molecule has 0 bridgehead atoms. The van der Waals surface area contributed by atoms with E-state index < -0.39 is 0 Å².